The maximum absolute atomic E-state index is 14.2. The minimum Gasteiger partial charge on any atom is -0.462 e. The first-order valence-corrected chi connectivity index (χ1v) is 6.85. The van der Waals surface area contributed by atoms with Gasteiger partial charge in [0.1, 0.15) is 5.56 Å². The minimum atomic E-state index is -1.69. The number of benzene rings is 1. The molecular weight excluding hydrogens is 311 g/mol. The van der Waals surface area contributed by atoms with E-state index in [-0.39, 0.29) is 6.61 Å². The number of hydrogen-bond donors (Lipinski definition) is 0. The van der Waals surface area contributed by atoms with E-state index >= 15 is 0 Å². The summed E-state index contributed by atoms with van der Waals surface area (Å²) in [6, 6.07) is -0.00360. The van der Waals surface area contributed by atoms with Gasteiger partial charge < -0.3 is 9.30 Å². The van der Waals surface area contributed by atoms with Gasteiger partial charge in [0, 0.05) is 12.2 Å². The Morgan fingerprint density at radius 3 is 2.61 bits per heavy atom. The van der Waals surface area contributed by atoms with Crippen LogP contribution >= 0.6 is 0 Å². The summed E-state index contributed by atoms with van der Waals surface area (Å²) in [5.74, 6) is -5.62. The highest BCUT2D eigenvalue weighted by molar-refractivity contribution is 5.94. The van der Waals surface area contributed by atoms with Gasteiger partial charge in [0.25, 0.3) is 0 Å². The predicted octanol–water partition coefficient (Wildman–Crippen LogP) is 3.34. The van der Waals surface area contributed by atoms with Crippen LogP contribution in [0.1, 0.15) is 30.2 Å². The first kappa shape index (κ1) is 16.8. The minimum absolute atomic E-state index is 0.0272. The van der Waals surface area contributed by atoms with Crippen molar-refractivity contribution < 1.29 is 22.7 Å². The van der Waals surface area contributed by atoms with Crippen molar-refractivity contribution in [2.45, 2.75) is 19.9 Å². The van der Waals surface area contributed by atoms with Crippen LogP contribution in [0.5, 0.6) is 0 Å². The summed E-state index contributed by atoms with van der Waals surface area (Å²) >= 11 is 0. The second-order valence-corrected chi connectivity index (χ2v) is 4.86. The van der Waals surface area contributed by atoms with Gasteiger partial charge in [-0.2, -0.15) is 0 Å². The number of hydrogen-bond acceptors (Lipinski definition) is 3. The molecule has 0 saturated heterocycles. The summed E-state index contributed by atoms with van der Waals surface area (Å²) in [5, 5.41) is -0.444. The van der Waals surface area contributed by atoms with Gasteiger partial charge in [-0.25, -0.2) is 18.0 Å². The number of aromatic nitrogens is 1. The van der Waals surface area contributed by atoms with Gasteiger partial charge in [0.2, 0.25) is 5.43 Å². The molecule has 1 aromatic heterocycles. The van der Waals surface area contributed by atoms with Gasteiger partial charge in [-0.05, 0) is 19.9 Å². The first-order valence-electron chi connectivity index (χ1n) is 6.85. The molecule has 0 spiro atoms. The van der Waals surface area contributed by atoms with Crippen molar-refractivity contribution in [1.29, 1.82) is 0 Å². The molecular formula is C16H14F3NO3. The molecule has 4 nitrogen and oxygen atoms in total. The van der Waals surface area contributed by atoms with Crippen LogP contribution in [0.15, 0.2) is 29.7 Å². The van der Waals surface area contributed by atoms with Crippen molar-refractivity contribution in [2.24, 2.45) is 0 Å². The Kier molecular flexibility index (Phi) is 4.58. The van der Waals surface area contributed by atoms with Gasteiger partial charge in [0.05, 0.1) is 17.5 Å². The number of allylic oxidation sites excluding steroid dienone is 1. The lowest BCUT2D eigenvalue weighted by molar-refractivity contribution is 0.0524. The summed E-state index contributed by atoms with van der Waals surface area (Å²) in [6.07, 6.45) is 2.47. The van der Waals surface area contributed by atoms with Gasteiger partial charge in [0.15, 0.2) is 17.5 Å². The number of ether oxygens (including phenoxy) is 1. The van der Waals surface area contributed by atoms with E-state index in [9.17, 15) is 22.8 Å². The van der Waals surface area contributed by atoms with E-state index < -0.39 is 51.4 Å². The molecule has 1 atom stereocenters. The highest BCUT2D eigenvalue weighted by Gasteiger charge is 2.23. The lowest BCUT2D eigenvalue weighted by Crippen LogP contribution is -2.23. The third kappa shape index (κ3) is 2.74. The van der Waals surface area contributed by atoms with Crippen LogP contribution in [0, 0.1) is 17.5 Å². The number of esters is 1. The summed E-state index contributed by atoms with van der Waals surface area (Å²) < 4.78 is 47.1. The first-order chi connectivity index (χ1) is 10.8. The SMILES string of the molecule is C=CC(C)n1cc(C(=O)OCC)c(=O)c2cc(F)c(F)c(F)c21. The van der Waals surface area contributed by atoms with E-state index in [1.165, 1.54) is 6.08 Å². The molecule has 0 amide bonds. The van der Waals surface area contributed by atoms with E-state index in [0.717, 1.165) is 10.8 Å². The highest BCUT2D eigenvalue weighted by atomic mass is 19.2. The zero-order valence-corrected chi connectivity index (χ0v) is 12.5. The number of halogens is 3. The zero-order chi connectivity index (χ0) is 17.3. The number of rotatable bonds is 4. The fourth-order valence-electron chi connectivity index (χ4n) is 2.21. The molecule has 122 valence electrons. The van der Waals surface area contributed by atoms with E-state index in [0.29, 0.717) is 6.07 Å². The monoisotopic (exact) mass is 325 g/mol. The quantitative estimate of drug-likeness (QED) is 0.492. The van der Waals surface area contributed by atoms with Gasteiger partial charge in [-0.3, -0.25) is 4.79 Å². The van der Waals surface area contributed by atoms with Crippen LogP contribution in [0.3, 0.4) is 0 Å². The Labute approximate surface area is 129 Å². The molecule has 0 fully saturated rings. The molecule has 0 bridgehead atoms. The van der Waals surface area contributed by atoms with Gasteiger partial charge in [-0.1, -0.05) is 6.08 Å². The molecule has 0 aliphatic rings. The van der Waals surface area contributed by atoms with Crippen molar-refractivity contribution in [1.82, 2.24) is 4.57 Å². The fraction of sp³-hybridized carbons (Fsp3) is 0.250. The smallest absolute Gasteiger partial charge is 0.343 e. The lowest BCUT2D eigenvalue weighted by atomic mass is 10.1. The second kappa shape index (κ2) is 6.28. The molecule has 2 rings (SSSR count). The molecule has 0 N–H and O–H groups in total. The molecule has 1 unspecified atom stereocenters. The molecule has 2 aromatic rings. The number of pyridine rings is 1. The van der Waals surface area contributed by atoms with Crippen LogP contribution in [0.4, 0.5) is 13.2 Å². The van der Waals surface area contributed by atoms with Crippen LogP contribution < -0.4 is 5.43 Å². The van der Waals surface area contributed by atoms with Crippen molar-refractivity contribution >= 4 is 16.9 Å². The molecule has 1 heterocycles. The van der Waals surface area contributed by atoms with Crippen LogP contribution in [-0.4, -0.2) is 17.1 Å². The molecule has 0 radical (unpaired) electrons. The van der Waals surface area contributed by atoms with E-state index in [1.807, 2.05) is 0 Å². The molecule has 7 heteroatoms. The Morgan fingerprint density at radius 1 is 1.39 bits per heavy atom. The van der Waals surface area contributed by atoms with E-state index in [2.05, 4.69) is 6.58 Å². The van der Waals surface area contributed by atoms with Gasteiger partial charge in [-0.15, -0.1) is 6.58 Å². The number of fused-ring (bicyclic) bond motifs is 1. The Morgan fingerprint density at radius 2 is 2.04 bits per heavy atom. The fourth-order valence-corrected chi connectivity index (χ4v) is 2.21. The number of carbonyl (C=O) groups is 1. The van der Waals surface area contributed by atoms with E-state index in [1.54, 1.807) is 13.8 Å². The third-order valence-corrected chi connectivity index (χ3v) is 3.43. The summed E-state index contributed by atoms with van der Waals surface area (Å²) in [6.45, 7) is 6.71. The normalized spacial score (nSPS) is 12.2. The maximum atomic E-state index is 14.2. The zero-order valence-electron chi connectivity index (χ0n) is 12.5. The average Bonchev–Trinajstić information content (AvgIpc) is 2.53. The lowest BCUT2D eigenvalue weighted by Gasteiger charge is -2.17. The van der Waals surface area contributed by atoms with Crippen molar-refractivity contribution in [2.75, 3.05) is 6.61 Å². The average molecular weight is 325 g/mol. The largest absolute Gasteiger partial charge is 0.462 e. The Hall–Kier alpha value is -2.57. The number of carbonyl (C=O) groups excluding carboxylic acids is 1. The molecule has 23 heavy (non-hydrogen) atoms. The summed E-state index contributed by atoms with van der Waals surface area (Å²) in [7, 11) is 0. The van der Waals surface area contributed by atoms with Crippen molar-refractivity contribution in [3.63, 3.8) is 0 Å². The topological polar surface area (TPSA) is 48.3 Å². The Bertz CT molecular complexity index is 858. The molecule has 0 aliphatic carbocycles. The van der Waals surface area contributed by atoms with Crippen LogP contribution in [0.2, 0.25) is 0 Å². The van der Waals surface area contributed by atoms with Gasteiger partial charge >= 0.3 is 5.97 Å². The molecule has 0 aliphatic heterocycles. The van der Waals surface area contributed by atoms with Crippen molar-refractivity contribution in [3.8, 4) is 0 Å². The number of nitrogens with zero attached hydrogens (tertiary/aromatic N) is 1. The summed E-state index contributed by atoms with van der Waals surface area (Å²) in [5.41, 5.74) is -1.75. The highest BCUT2D eigenvalue weighted by Crippen LogP contribution is 2.24. The van der Waals surface area contributed by atoms with Crippen LogP contribution in [-0.2, 0) is 4.74 Å². The molecule has 0 saturated carbocycles. The van der Waals surface area contributed by atoms with Crippen LogP contribution in [0.25, 0.3) is 10.9 Å². The summed E-state index contributed by atoms with van der Waals surface area (Å²) in [4.78, 5) is 24.2. The molecule has 1 aromatic carbocycles. The van der Waals surface area contributed by atoms with E-state index in [4.69, 9.17) is 4.74 Å². The standard InChI is InChI=1S/C16H14F3NO3/c1-4-8(3)20-7-10(16(22)23-5-2)15(21)9-6-11(17)12(18)13(19)14(9)20/h4,6-8H,1,5H2,2-3H3. The maximum Gasteiger partial charge on any atom is 0.343 e. The van der Waals surface area contributed by atoms with Crippen molar-refractivity contribution in [3.05, 3.63) is 58.2 Å². The second-order valence-electron chi connectivity index (χ2n) is 4.86. The Balaban J connectivity index is 2.97. The third-order valence-electron chi connectivity index (χ3n) is 3.43. The predicted molar refractivity (Wildman–Crippen MR) is 78.9 cm³/mol.